The Balaban J connectivity index is 2.43. The van der Waals surface area contributed by atoms with Crippen molar-refractivity contribution in [2.45, 2.75) is 0 Å². The fraction of sp³-hybridized carbons (Fsp3) is 0.200. The zero-order chi connectivity index (χ0) is 11.7. The van der Waals surface area contributed by atoms with Crippen molar-refractivity contribution >= 4 is 38.7 Å². The number of nitrogens with one attached hydrogen (secondary N) is 2. The van der Waals surface area contributed by atoms with Gasteiger partial charge in [-0.2, -0.15) is 0 Å². The molecule has 2 heterocycles. The molecule has 0 aliphatic heterocycles. The second-order valence-corrected chi connectivity index (χ2v) is 4.23. The molecule has 6 heteroatoms. The molecule has 0 saturated heterocycles. The number of nitrogens with zero attached hydrogens (tertiary/aromatic N) is 2. The second-order valence-electron chi connectivity index (χ2n) is 3.38. The summed E-state index contributed by atoms with van der Waals surface area (Å²) in [6.07, 6.45) is 3.68. The van der Waals surface area contributed by atoms with Gasteiger partial charge >= 0.3 is 6.03 Å². The van der Waals surface area contributed by atoms with Gasteiger partial charge in [-0.05, 0) is 22.0 Å². The van der Waals surface area contributed by atoms with Crippen LogP contribution in [0.25, 0.3) is 10.9 Å². The number of fused-ring (bicyclic) bond motifs is 1. The van der Waals surface area contributed by atoms with Crippen LogP contribution in [0, 0.1) is 0 Å². The minimum absolute atomic E-state index is 0.279. The summed E-state index contributed by atoms with van der Waals surface area (Å²) in [7, 11) is 3.51. The van der Waals surface area contributed by atoms with E-state index in [-0.39, 0.29) is 6.03 Å². The predicted molar refractivity (Wildman–Crippen MR) is 66.5 cm³/mol. The van der Waals surface area contributed by atoms with E-state index in [4.69, 9.17) is 0 Å². The van der Waals surface area contributed by atoms with Crippen molar-refractivity contribution in [2.24, 2.45) is 7.05 Å². The molecule has 0 spiro atoms. The summed E-state index contributed by atoms with van der Waals surface area (Å²) >= 11 is 3.46. The lowest BCUT2D eigenvalue weighted by Gasteiger charge is -2.03. The van der Waals surface area contributed by atoms with Gasteiger partial charge in [0.25, 0.3) is 0 Å². The number of urea groups is 1. The summed E-state index contributed by atoms with van der Waals surface area (Å²) < 4.78 is 2.95. The van der Waals surface area contributed by atoms with Crippen molar-refractivity contribution in [2.75, 3.05) is 12.4 Å². The van der Waals surface area contributed by atoms with Gasteiger partial charge in [-0.3, -0.25) is 5.32 Å². The molecular weight excluding hydrogens is 272 g/mol. The minimum atomic E-state index is -0.279. The van der Waals surface area contributed by atoms with E-state index < -0.39 is 0 Å². The summed E-state index contributed by atoms with van der Waals surface area (Å²) in [5, 5.41) is 6.12. The number of carbonyl (C=O) groups excluding carboxylic acids is 1. The lowest BCUT2D eigenvalue weighted by atomic mass is 10.3. The molecule has 2 N–H and O–H groups in total. The molecule has 2 aromatic rings. The maximum atomic E-state index is 11.1. The van der Waals surface area contributed by atoms with Gasteiger partial charge in [0.1, 0.15) is 5.82 Å². The van der Waals surface area contributed by atoms with Crippen LogP contribution in [0.3, 0.4) is 0 Å². The number of anilines is 1. The van der Waals surface area contributed by atoms with Crippen molar-refractivity contribution in [3.05, 3.63) is 22.9 Å². The Labute approximate surface area is 101 Å². The van der Waals surface area contributed by atoms with Gasteiger partial charge in [-0.15, -0.1) is 0 Å². The highest BCUT2D eigenvalue weighted by molar-refractivity contribution is 9.10. The van der Waals surface area contributed by atoms with Crippen molar-refractivity contribution in [3.8, 4) is 0 Å². The Morgan fingerprint density at radius 2 is 2.31 bits per heavy atom. The number of pyridine rings is 1. The first-order valence-electron chi connectivity index (χ1n) is 4.71. The van der Waals surface area contributed by atoms with E-state index in [1.165, 1.54) is 0 Å². The van der Waals surface area contributed by atoms with Crippen molar-refractivity contribution in [1.29, 1.82) is 0 Å². The fourth-order valence-electron chi connectivity index (χ4n) is 1.48. The van der Waals surface area contributed by atoms with Crippen LogP contribution in [-0.4, -0.2) is 22.6 Å². The number of rotatable bonds is 1. The minimum Gasteiger partial charge on any atom is -0.348 e. The van der Waals surface area contributed by atoms with Crippen LogP contribution < -0.4 is 10.6 Å². The van der Waals surface area contributed by atoms with Crippen LogP contribution >= 0.6 is 15.9 Å². The molecule has 0 unspecified atom stereocenters. The number of aryl methyl sites for hydroxylation is 1. The van der Waals surface area contributed by atoms with E-state index >= 15 is 0 Å². The number of hydrogen-bond acceptors (Lipinski definition) is 2. The number of carbonyl (C=O) groups is 1. The van der Waals surface area contributed by atoms with Crippen molar-refractivity contribution in [1.82, 2.24) is 14.9 Å². The fourth-order valence-corrected chi connectivity index (χ4v) is 2.10. The van der Waals surface area contributed by atoms with Gasteiger partial charge in [0.15, 0.2) is 0 Å². The van der Waals surface area contributed by atoms with Crippen LogP contribution in [-0.2, 0) is 7.05 Å². The molecule has 0 saturated carbocycles. The zero-order valence-corrected chi connectivity index (χ0v) is 10.5. The summed E-state index contributed by atoms with van der Waals surface area (Å²) in [6, 6.07) is 1.55. The maximum absolute atomic E-state index is 11.1. The van der Waals surface area contributed by atoms with Crippen LogP contribution in [0.15, 0.2) is 22.9 Å². The molecular formula is C10H11BrN4O. The van der Waals surface area contributed by atoms with E-state index in [2.05, 4.69) is 31.5 Å². The van der Waals surface area contributed by atoms with Crippen LogP contribution in [0.2, 0.25) is 0 Å². The van der Waals surface area contributed by atoms with Gasteiger partial charge in [-0.1, -0.05) is 0 Å². The molecule has 2 aromatic heterocycles. The topological polar surface area (TPSA) is 59.0 Å². The van der Waals surface area contributed by atoms with Crippen molar-refractivity contribution < 1.29 is 4.79 Å². The van der Waals surface area contributed by atoms with Gasteiger partial charge in [-0.25, -0.2) is 9.78 Å². The molecule has 0 radical (unpaired) electrons. The molecule has 0 bridgehead atoms. The Kier molecular flexibility index (Phi) is 2.82. The van der Waals surface area contributed by atoms with Crippen LogP contribution in [0.5, 0.6) is 0 Å². The average molecular weight is 283 g/mol. The third-order valence-electron chi connectivity index (χ3n) is 2.30. The quantitative estimate of drug-likeness (QED) is 0.842. The van der Waals surface area contributed by atoms with Crippen molar-refractivity contribution in [3.63, 3.8) is 0 Å². The predicted octanol–water partition coefficient (Wildman–Crippen LogP) is 2.09. The van der Waals surface area contributed by atoms with Gasteiger partial charge < -0.3 is 9.88 Å². The number of halogens is 1. The first-order chi connectivity index (χ1) is 7.61. The number of amides is 2. The molecule has 0 fully saturated rings. The third kappa shape index (κ3) is 1.88. The van der Waals surface area contributed by atoms with E-state index in [1.807, 2.05) is 23.9 Å². The lowest BCUT2D eigenvalue weighted by Crippen LogP contribution is -2.24. The maximum Gasteiger partial charge on any atom is 0.320 e. The van der Waals surface area contributed by atoms with Gasteiger partial charge in [0.05, 0.1) is 11.7 Å². The largest absolute Gasteiger partial charge is 0.348 e. The summed E-state index contributed by atoms with van der Waals surface area (Å²) in [5.74, 6) is 0.527. The number of aromatic nitrogens is 2. The monoisotopic (exact) mass is 282 g/mol. The van der Waals surface area contributed by atoms with Crippen LogP contribution in [0.4, 0.5) is 10.6 Å². The summed E-state index contributed by atoms with van der Waals surface area (Å²) in [6.45, 7) is 0. The third-order valence-corrected chi connectivity index (χ3v) is 2.93. The molecule has 0 aliphatic rings. The van der Waals surface area contributed by atoms with Gasteiger partial charge in [0, 0.05) is 30.2 Å². The first kappa shape index (κ1) is 10.9. The standard InChI is InChI=1S/C10H11BrN4O/c1-12-10(16)14-9-3-6-7(11)5-15(2)8(6)4-13-9/h3-5H,1-2H3,(H2,12,13,14,16). The molecule has 2 rings (SSSR count). The Bertz CT molecular complexity index is 549. The molecule has 0 aromatic carbocycles. The molecule has 2 amide bonds. The smallest absolute Gasteiger partial charge is 0.320 e. The first-order valence-corrected chi connectivity index (χ1v) is 5.50. The van der Waals surface area contributed by atoms with E-state index in [9.17, 15) is 4.79 Å². The highest BCUT2D eigenvalue weighted by atomic mass is 79.9. The Hall–Kier alpha value is -1.56. The molecule has 0 aliphatic carbocycles. The molecule has 84 valence electrons. The summed E-state index contributed by atoms with van der Waals surface area (Å²) in [5.41, 5.74) is 1.01. The average Bonchev–Trinajstić information content (AvgIpc) is 2.54. The van der Waals surface area contributed by atoms with E-state index in [0.29, 0.717) is 5.82 Å². The van der Waals surface area contributed by atoms with Crippen LogP contribution in [0.1, 0.15) is 0 Å². The van der Waals surface area contributed by atoms with E-state index in [1.54, 1.807) is 13.2 Å². The normalized spacial score (nSPS) is 10.4. The second kappa shape index (κ2) is 4.13. The SMILES string of the molecule is CNC(=O)Nc1cc2c(Br)cn(C)c2cn1. The highest BCUT2D eigenvalue weighted by Gasteiger charge is 2.07. The zero-order valence-electron chi connectivity index (χ0n) is 8.91. The number of hydrogen-bond donors (Lipinski definition) is 2. The van der Waals surface area contributed by atoms with E-state index in [0.717, 1.165) is 15.4 Å². The molecule has 0 atom stereocenters. The Morgan fingerprint density at radius 3 is 3.00 bits per heavy atom. The lowest BCUT2D eigenvalue weighted by molar-refractivity contribution is 0.254. The molecule has 16 heavy (non-hydrogen) atoms. The Morgan fingerprint density at radius 1 is 1.56 bits per heavy atom. The molecule has 5 nitrogen and oxygen atoms in total. The summed E-state index contributed by atoms with van der Waals surface area (Å²) in [4.78, 5) is 15.3. The van der Waals surface area contributed by atoms with Gasteiger partial charge in [0.2, 0.25) is 0 Å². The highest BCUT2D eigenvalue weighted by Crippen LogP contribution is 2.26.